The molecule has 0 heterocycles. The van der Waals surface area contributed by atoms with Crippen molar-refractivity contribution < 1.29 is 13.2 Å². The molecule has 0 amide bonds. The quantitative estimate of drug-likeness (QED) is 0.201. The summed E-state index contributed by atoms with van der Waals surface area (Å²) in [5.41, 5.74) is 0.931. The molecule has 3 rings (SSSR count). The molecule has 2 aliphatic rings. The number of halogens is 3. The second kappa shape index (κ2) is 13.8. The molecular formula is C30H47F3. The van der Waals surface area contributed by atoms with Crippen molar-refractivity contribution in [3.63, 3.8) is 0 Å². The van der Waals surface area contributed by atoms with Gasteiger partial charge in [-0.05, 0) is 86.3 Å². The Balaban J connectivity index is 1.48. The van der Waals surface area contributed by atoms with Gasteiger partial charge >= 0.3 is 0 Å². The van der Waals surface area contributed by atoms with Crippen LogP contribution < -0.4 is 0 Å². The first-order chi connectivity index (χ1) is 16.0. The standard InChI is InChI=1S/C30H47F3/c1-2-3-4-5-6-7-8-10-13-24-16-19-30(20-17-24,26-14-11-9-12-15-26)21-18-25-22-27(31)29(33)28(32)23-25/h22-24,26H,2-21H2,1H3/t24-,30-. The molecule has 188 valence electrons. The summed E-state index contributed by atoms with van der Waals surface area (Å²) >= 11 is 0. The van der Waals surface area contributed by atoms with Gasteiger partial charge < -0.3 is 0 Å². The van der Waals surface area contributed by atoms with E-state index in [-0.39, 0.29) is 0 Å². The van der Waals surface area contributed by atoms with Crippen LogP contribution in [-0.2, 0) is 6.42 Å². The fourth-order valence-corrected chi connectivity index (χ4v) is 6.83. The van der Waals surface area contributed by atoms with Gasteiger partial charge in [-0.2, -0.15) is 0 Å². The van der Waals surface area contributed by atoms with Crippen molar-refractivity contribution >= 4 is 0 Å². The summed E-state index contributed by atoms with van der Waals surface area (Å²) in [4.78, 5) is 0. The molecule has 0 radical (unpaired) electrons. The summed E-state index contributed by atoms with van der Waals surface area (Å²) < 4.78 is 40.9. The Morgan fingerprint density at radius 1 is 0.758 bits per heavy atom. The second-order valence-corrected chi connectivity index (χ2v) is 11.3. The lowest BCUT2D eigenvalue weighted by Gasteiger charge is -2.48. The molecule has 33 heavy (non-hydrogen) atoms. The third-order valence-corrected chi connectivity index (χ3v) is 8.99. The van der Waals surface area contributed by atoms with Gasteiger partial charge in [0.05, 0.1) is 0 Å². The average Bonchev–Trinajstić information content (AvgIpc) is 2.84. The monoisotopic (exact) mass is 464 g/mol. The van der Waals surface area contributed by atoms with Gasteiger partial charge in [-0.1, -0.05) is 84.0 Å². The molecule has 0 nitrogen and oxygen atoms in total. The maximum atomic E-state index is 13.7. The van der Waals surface area contributed by atoms with E-state index in [1.807, 2.05) is 0 Å². The summed E-state index contributed by atoms with van der Waals surface area (Å²) in [6.45, 7) is 2.27. The lowest BCUT2D eigenvalue weighted by Crippen LogP contribution is -2.37. The highest BCUT2D eigenvalue weighted by Crippen LogP contribution is 2.52. The van der Waals surface area contributed by atoms with E-state index >= 15 is 0 Å². The van der Waals surface area contributed by atoms with Crippen LogP contribution in [0.5, 0.6) is 0 Å². The second-order valence-electron chi connectivity index (χ2n) is 11.3. The molecular weight excluding hydrogens is 417 g/mol. The minimum absolute atomic E-state index is 0.317. The molecule has 1 aromatic carbocycles. The van der Waals surface area contributed by atoms with Gasteiger partial charge in [-0.25, -0.2) is 13.2 Å². The SMILES string of the molecule is CCCCCCCCCC[C@H]1CC[C@](CCc2cc(F)c(F)c(F)c2)(C2CCCCC2)CC1. The smallest absolute Gasteiger partial charge is 0.194 e. The average molecular weight is 465 g/mol. The number of unbranched alkanes of at least 4 members (excludes halogenated alkanes) is 7. The van der Waals surface area contributed by atoms with E-state index in [1.165, 1.54) is 128 Å². The Morgan fingerprint density at radius 3 is 1.94 bits per heavy atom. The van der Waals surface area contributed by atoms with E-state index in [9.17, 15) is 13.2 Å². The summed E-state index contributed by atoms with van der Waals surface area (Å²) in [5, 5.41) is 0. The van der Waals surface area contributed by atoms with Crippen molar-refractivity contribution in [3.8, 4) is 0 Å². The zero-order valence-corrected chi connectivity index (χ0v) is 21.1. The van der Waals surface area contributed by atoms with Crippen LogP contribution in [0, 0.1) is 34.7 Å². The van der Waals surface area contributed by atoms with Crippen LogP contribution in [0.2, 0.25) is 0 Å². The van der Waals surface area contributed by atoms with E-state index in [2.05, 4.69) is 6.92 Å². The van der Waals surface area contributed by atoms with Gasteiger partial charge in [0.25, 0.3) is 0 Å². The maximum absolute atomic E-state index is 13.7. The zero-order chi connectivity index (χ0) is 23.5. The first-order valence-corrected chi connectivity index (χ1v) is 14.2. The van der Waals surface area contributed by atoms with Gasteiger partial charge in [0, 0.05) is 0 Å². The minimum Gasteiger partial charge on any atom is -0.204 e. The summed E-state index contributed by atoms with van der Waals surface area (Å²) in [7, 11) is 0. The van der Waals surface area contributed by atoms with Crippen LogP contribution in [0.1, 0.15) is 134 Å². The number of rotatable bonds is 13. The molecule has 0 spiro atoms. The molecule has 0 N–H and O–H groups in total. The molecule has 0 bridgehead atoms. The third kappa shape index (κ3) is 8.03. The molecule has 0 aromatic heterocycles. The lowest BCUT2D eigenvalue weighted by molar-refractivity contribution is 0.0378. The first-order valence-electron chi connectivity index (χ1n) is 14.2. The lowest BCUT2D eigenvalue weighted by atomic mass is 9.58. The Morgan fingerprint density at radius 2 is 1.33 bits per heavy atom. The van der Waals surface area contributed by atoms with Crippen LogP contribution in [0.3, 0.4) is 0 Å². The molecule has 2 fully saturated rings. The van der Waals surface area contributed by atoms with Crippen LogP contribution in [-0.4, -0.2) is 0 Å². The largest absolute Gasteiger partial charge is 0.204 e. The highest BCUT2D eigenvalue weighted by atomic mass is 19.2. The van der Waals surface area contributed by atoms with Crippen molar-refractivity contribution in [1.82, 2.24) is 0 Å². The van der Waals surface area contributed by atoms with Crippen molar-refractivity contribution in [1.29, 1.82) is 0 Å². The number of hydrogen-bond donors (Lipinski definition) is 0. The van der Waals surface area contributed by atoms with Crippen LogP contribution in [0.4, 0.5) is 13.2 Å². The van der Waals surface area contributed by atoms with Gasteiger partial charge in [0.15, 0.2) is 17.5 Å². The van der Waals surface area contributed by atoms with Crippen LogP contribution in [0.15, 0.2) is 12.1 Å². The first kappa shape index (κ1) is 26.6. The number of hydrogen-bond acceptors (Lipinski definition) is 0. The van der Waals surface area contributed by atoms with E-state index in [0.29, 0.717) is 17.4 Å². The fourth-order valence-electron chi connectivity index (χ4n) is 6.83. The Bertz CT molecular complexity index is 661. The number of benzene rings is 1. The van der Waals surface area contributed by atoms with E-state index in [4.69, 9.17) is 0 Å². The summed E-state index contributed by atoms with van der Waals surface area (Å²) in [6, 6.07) is 2.42. The normalized spacial score (nSPS) is 24.3. The predicted octanol–water partition coefficient (Wildman–Crippen LogP) is 10.3. The van der Waals surface area contributed by atoms with Gasteiger partial charge in [0.2, 0.25) is 0 Å². The van der Waals surface area contributed by atoms with E-state index < -0.39 is 17.5 Å². The third-order valence-electron chi connectivity index (χ3n) is 8.99. The van der Waals surface area contributed by atoms with Crippen molar-refractivity contribution in [2.75, 3.05) is 0 Å². The van der Waals surface area contributed by atoms with Crippen molar-refractivity contribution in [2.24, 2.45) is 17.3 Å². The molecule has 3 heteroatoms. The summed E-state index contributed by atoms with van der Waals surface area (Å²) in [6.07, 6.45) is 25.9. The predicted molar refractivity (Wildman–Crippen MR) is 133 cm³/mol. The van der Waals surface area contributed by atoms with E-state index in [0.717, 1.165) is 18.3 Å². The van der Waals surface area contributed by atoms with E-state index in [1.54, 1.807) is 0 Å². The van der Waals surface area contributed by atoms with Gasteiger partial charge in [-0.3, -0.25) is 0 Å². The molecule has 1 aromatic rings. The molecule has 2 saturated carbocycles. The minimum atomic E-state index is -1.35. The molecule has 0 atom stereocenters. The fraction of sp³-hybridized carbons (Fsp3) is 0.800. The number of aryl methyl sites for hydroxylation is 1. The van der Waals surface area contributed by atoms with Crippen molar-refractivity contribution in [3.05, 3.63) is 35.1 Å². The Hall–Kier alpha value is -0.990. The summed E-state index contributed by atoms with van der Waals surface area (Å²) in [5.74, 6) is -1.83. The topological polar surface area (TPSA) is 0 Å². The van der Waals surface area contributed by atoms with Crippen molar-refractivity contribution in [2.45, 2.75) is 135 Å². The molecule has 0 saturated heterocycles. The Labute approximate surface area is 201 Å². The molecule has 0 aliphatic heterocycles. The highest BCUT2D eigenvalue weighted by Gasteiger charge is 2.41. The maximum Gasteiger partial charge on any atom is 0.194 e. The zero-order valence-electron chi connectivity index (χ0n) is 21.1. The van der Waals surface area contributed by atoms with Gasteiger partial charge in [-0.15, -0.1) is 0 Å². The Kier molecular flexibility index (Phi) is 11.1. The highest BCUT2D eigenvalue weighted by molar-refractivity contribution is 5.20. The van der Waals surface area contributed by atoms with Crippen LogP contribution in [0.25, 0.3) is 0 Å². The molecule has 0 unspecified atom stereocenters. The van der Waals surface area contributed by atoms with Gasteiger partial charge in [0.1, 0.15) is 0 Å². The van der Waals surface area contributed by atoms with Crippen LogP contribution >= 0.6 is 0 Å². The molecule has 2 aliphatic carbocycles.